The van der Waals surface area contributed by atoms with Crippen LogP contribution in [0.3, 0.4) is 0 Å². The maximum atomic E-state index is 11.8. The molecule has 8 heteroatoms. The molecule has 0 N–H and O–H groups in total. The van der Waals surface area contributed by atoms with Crippen molar-refractivity contribution < 1.29 is 19.1 Å². The van der Waals surface area contributed by atoms with Crippen molar-refractivity contribution in [2.24, 2.45) is 0 Å². The van der Waals surface area contributed by atoms with Gasteiger partial charge in [0.2, 0.25) is 11.8 Å². The molecule has 36 heavy (non-hydrogen) atoms. The molecule has 0 saturated carbocycles. The van der Waals surface area contributed by atoms with Gasteiger partial charge in [0.05, 0.1) is 6.54 Å². The van der Waals surface area contributed by atoms with Crippen LogP contribution in [0.4, 0.5) is 0 Å². The molecular formula is C28H30N4O4. The van der Waals surface area contributed by atoms with Gasteiger partial charge in [-0.25, -0.2) is 9.97 Å². The number of amides is 2. The number of benzene rings is 2. The van der Waals surface area contributed by atoms with E-state index in [0.717, 1.165) is 32.5 Å². The Balaban J connectivity index is 1.14. The number of hydrogen-bond acceptors (Lipinski definition) is 7. The summed E-state index contributed by atoms with van der Waals surface area (Å²) in [6.45, 7) is 3.10. The van der Waals surface area contributed by atoms with Crippen LogP contribution in [0.5, 0.6) is 11.8 Å². The van der Waals surface area contributed by atoms with E-state index >= 15 is 0 Å². The summed E-state index contributed by atoms with van der Waals surface area (Å²) < 4.78 is 11.9. The number of nitrogens with zero attached hydrogens (tertiary/aromatic N) is 4. The molecule has 0 spiro atoms. The summed E-state index contributed by atoms with van der Waals surface area (Å²) in [6, 6.07) is 19.1. The van der Waals surface area contributed by atoms with Crippen molar-refractivity contribution in [2.75, 3.05) is 26.2 Å². The third kappa shape index (κ3) is 5.71. The van der Waals surface area contributed by atoms with E-state index in [9.17, 15) is 9.59 Å². The smallest absolute Gasteiger partial charge is 0.278 e. The van der Waals surface area contributed by atoms with E-state index in [1.54, 1.807) is 12.4 Å². The summed E-state index contributed by atoms with van der Waals surface area (Å²) in [5.41, 5.74) is 3.83. The molecular weight excluding hydrogens is 456 g/mol. The maximum absolute atomic E-state index is 11.8. The molecule has 2 aromatic carbocycles. The first-order valence-electron chi connectivity index (χ1n) is 12.5. The highest BCUT2D eigenvalue weighted by molar-refractivity contribution is 6.01. The second-order valence-electron chi connectivity index (χ2n) is 9.07. The molecule has 2 amide bonds. The zero-order valence-electron chi connectivity index (χ0n) is 20.2. The molecule has 0 bridgehead atoms. The molecule has 0 radical (unpaired) electrons. The largest absolute Gasteiger partial charge is 0.472 e. The summed E-state index contributed by atoms with van der Waals surface area (Å²) in [7, 11) is 0. The third-order valence-corrected chi connectivity index (χ3v) is 6.65. The van der Waals surface area contributed by atoms with Crippen molar-refractivity contribution in [3.63, 3.8) is 0 Å². The molecule has 0 unspecified atom stereocenters. The molecule has 2 aliphatic rings. The lowest BCUT2D eigenvalue weighted by atomic mass is 9.98. The molecule has 5 rings (SSSR count). The Labute approximate surface area is 210 Å². The minimum atomic E-state index is -0.155. The highest BCUT2D eigenvalue weighted by Crippen LogP contribution is 2.28. The van der Waals surface area contributed by atoms with Crippen LogP contribution in [0.1, 0.15) is 31.2 Å². The van der Waals surface area contributed by atoms with E-state index in [4.69, 9.17) is 9.47 Å². The van der Waals surface area contributed by atoms with E-state index in [-0.39, 0.29) is 49.8 Å². The van der Waals surface area contributed by atoms with Crippen molar-refractivity contribution in [3.05, 3.63) is 72.6 Å². The summed E-state index contributed by atoms with van der Waals surface area (Å²) in [6.07, 6.45) is 5.43. The van der Waals surface area contributed by atoms with E-state index < -0.39 is 0 Å². The first-order chi connectivity index (χ1) is 17.7. The van der Waals surface area contributed by atoms with Crippen LogP contribution in [0, 0.1) is 0 Å². The van der Waals surface area contributed by atoms with Gasteiger partial charge in [0.15, 0.2) is 0 Å². The summed E-state index contributed by atoms with van der Waals surface area (Å²) >= 11 is 0. The lowest BCUT2D eigenvalue weighted by Crippen LogP contribution is -2.38. The number of carbonyl (C=O) groups excluding carboxylic acids is 2. The zero-order valence-corrected chi connectivity index (χ0v) is 20.2. The first kappa shape index (κ1) is 23.9. The van der Waals surface area contributed by atoms with Crippen LogP contribution in [-0.4, -0.2) is 63.9 Å². The maximum Gasteiger partial charge on any atom is 0.278 e. The Bertz CT molecular complexity index is 1180. The van der Waals surface area contributed by atoms with Gasteiger partial charge in [-0.15, -0.1) is 0 Å². The van der Waals surface area contributed by atoms with Gasteiger partial charge in [-0.2, -0.15) is 0 Å². The molecule has 3 heterocycles. The number of imide groups is 1. The molecule has 0 aliphatic carbocycles. The third-order valence-electron chi connectivity index (χ3n) is 6.65. The van der Waals surface area contributed by atoms with Crippen LogP contribution in [0.15, 0.2) is 67.0 Å². The average Bonchev–Trinajstić information content (AvgIpc) is 3.24. The zero-order chi connectivity index (χ0) is 24.7. The van der Waals surface area contributed by atoms with E-state index in [2.05, 4.69) is 63.4 Å². The average molecular weight is 487 g/mol. The molecule has 2 fully saturated rings. The van der Waals surface area contributed by atoms with Crippen molar-refractivity contribution >= 4 is 11.8 Å². The van der Waals surface area contributed by atoms with Gasteiger partial charge >= 0.3 is 0 Å². The highest BCUT2D eigenvalue weighted by Gasteiger charge is 2.29. The number of ether oxygens (including phenoxy) is 2. The number of piperidine rings is 1. The van der Waals surface area contributed by atoms with Crippen LogP contribution in [0.25, 0.3) is 11.1 Å². The molecule has 186 valence electrons. The molecule has 0 atom stereocenters. The van der Waals surface area contributed by atoms with Gasteiger partial charge in [0.1, 0.15) is 12.7 Å². The lowest BCUT2D eigenvalue weighted by molar-refractivity contribution is -0.138. The summed E-state index contributed by atoms with van der Waals surface area (Å²) in [4.78, 5) is 35.8. The van der Waals surface area contributed by atoms with Gasteiger partial charge in [0.25, 0.3) is 11.8 Å². The Morgan fingerprint density at radius 2 is 1.50 bits per heavy atom. The number of aromatic nitrogens is 2. The normalized spacial score (nSPS) is 16.9. The van der Waals surface area contributed by atoms with E-state index in [0.29, 0.717) is 5.88 Å². The Morgan fingerprint density at radius 3 is 2.25 bits per heavy atom. The van der Waals surface area contributed by atoms with Crippen LogP contribution < -0.4 is 9.47 Å². The molecule has 3 aromatic rings. The Kier molecular flexibility index (Phi) is 7.52. The quantitative estimate of drug-likeness (QED) is 0.426. The van der Waals surface area contributed by atoms with Gasteiger partial charge < -0.3 is 9.47 Å². The lowest BCUT2D eigenvalue weighted by Gasteiger charge is -2.32. The van der Waals surface area contributed by atoms with Crippen molar-refractivity contribution in [3.8, 4) is 22.9 Å². The predicted molar refractivity (Wildman–Crippen MR) is 134 cm³/mol. The Morgan fingerprint density at radius 1 is 0.833 bits per heavy atom. The topological polar surface area (TPSA) is 84.9 Å². The fraction of sp³-hybridized carbons (Fsp3) is 0.357. The van der Waals surface area contributed by atoms with Crippen molar-refractivity contribution in [1.82, 2.24) is 19.8 Å². The van der Waals surface area contributed by atoms with Crippen LogP contribution in [-0.2, 0) is 16.1 Å². The van der Waals surface area contributed by atoms with Gasteiger partial charge in [-0.1, -0.05) is 54.6 Å². The second-order valence-corrected chi connectivity index (χ2v) is 9.07. The molecule has 8 nitrogen and oxygen atoms in total. The number of rotatable bonds is 9. The van der Waals surface area contributed by atoms with E-state index in [1.807, 2.05) is 6.07 Å². The summed E-state index contributed by atoms with van der Waals surface area (Å²) in [5.74, 6) is 0.329. The van der Waals surface area contributed by atoms with Crippen molar-refractivity contribution in [2.45, 2.75) is 38.3 Å². The van der Waals surface area contributed by atoms with E-state index in [1.165, 1.54) is 21.6 Å². The number of likely N-dealkylation sites (tertiary alicyclic amines) is 2. The first-order valence-corrected chi connectivity index (χ1v) is 12.5. The van der Waals surface area contributed by atoms with Gasteiger partial charge in [-0.05, 0) is 29.5 Å². The monoisotopic (exact) mass is 486 g/mol. The SMILES string of the molecule is O=C1CCC(=O)N1CCOc1nccnc1OC1CCN(Cc2ccccc2-c2ccccc2)CC1. The second kappa shape index (κ2) is 11.3. The van der Waals surface area contributed by atoms with Crippen LogP contribution in [0.2, 0.25) is 0 Å². The van der Waals surface area contributed by atoms with Gasteiger partial charge in [0, 0.05) is 44.9 Å². The fourth-order valence-corrected chi connectivity index (χ4v) is 4.74. The standard InChI is InChI=1S/C28H30N4O4/c33-25-10-11-26(34)32(25)18-19-35-27-28(30-15-14-29-27)36-23-12-16-31(17-13-23)20-22-8-4-5-9-24(22)21-6-2-1-3-7-21/h1-9,14-15,23H,10-13,16-20H2. The van der Waals surface area contributed by atoms with Gasteiger partial charge in [-0.3, -0.25) is 19.4 Å². The minimum Gasteiger partial charge on any atom is -0.472 e. The number of carbonyl (C=O) groups is 2. The highest BCUT2D eigenvalue weighted by atomic mass is 16.5. The molecule has 2 saturated heterocycles. The van der Waals surface area contributed by atoms with Crippen molar-refractivity contribution in [1.29, 1.82) is 0 Å². The molecule has 2 aliphatic heterocycles. The Hall–Kier alpha value is -3.78. The minimum absolute atomic E-state index is 0.0198. The van der Waals surface area contributed by atoms with Crippen LogP contribution >= 0.6 is 0 Å². The predicted octanol–water partition coefficient (Wildman–Crippen LogP) is 3.71. The molecule has 1 aromatic heterocycles. The summed E-state index contributed by atoms with van der Waals surface area (Å²) in [5, 5.41) is 0. The number of hydrogen-bond donors (Lipinski definition) is 0. The fourth-order valence-electron chi connectivity index (χ4n) is 4.74.